The molecule has 3 nitrogen and oxygen atoms in total. The molecule has 0 unspecified atom stereocenters. The first-order chi connectivity index (χ1) is 14.0. The summed E-state index contributed by atoms with van der Waals surface area (Å²) in [6.45, 7) is 10.1. The summed E-state index contributed by atoms with van der Waals surface area (Å²) >= 11 is 0. The number of rotatable bonds is 3. The topological polar surface area (TPSA) is 26.7 Å². The van der Waals surface area contributed by atoms with Crippen molar-refractivity contribution in [2.75, 3.05) is 28.2 Å². The predicted octanol–water partition coefficient (Wildman–Crippen LogP) is 4.89. The molecule has 11 atom stereocenters. The van der Waals surface area contributed by atoms with Gasteiger partial charge in [-0.1, -0.05) is 20.8 Å². The normalized spacial score (nSPS) is 58.1. The monoisotopic (exact) mass is 416 g/mol. The van der Waals surface area contributed by atoms with Crippen LogP contribution in [0.2, 0.25) is 0 Å². The fourth-order valence-corrected chi connectivity index (χ4v) is 11.0. The Labute approximate surface area is 186 Å². The summed E-state index contributed by atoms with van der Waals surface area (Å²) in [5, 5.41) is 11.4. The Balaban J connectivity index is 1.48. The largest absolute Gasteiger partial charge is 0.393 e. The maximum absolute atomic E-state index is 11.4. The Kier molecular flexibility index (Phi) is 4.69. The lowest BCUT2D eigenvalue weighted by molar-refractivity contribution is -0.138. The third-order valence-corrected chi connectivity index (χ3v) is 12.7. The molecule has 0 bridgehead atoms. The average Bonchev–Trinajstić information content (AvgIpc) is 3.26. The molecular formula is C27H48N2O. The fourth-order valence-electron chi connectivity index (χ4n) is 11.0. The number of aliphatic hydroxyl groups excluding tert-OH is 1. The van der Waals surface area contributed by atoms with Crippen LogP contribution in [0.4, 0.5) is 0 Å². The minimum absolute atomic E-state index is 0.136. The Bertz CT molecular complexity index is 707. The van der Waals surface area contributed by atoms with Crippen molar-refractivity contribution in [3.8, 4) is 0 Å². The smallest absolute Gasteiger partial charge is 0.0594 e. The van der Waals surface area contributed by atoms with Crippen molar-refractivity contribution in [2.45, 2.75) is 97.2 Å². The average molecular weight is 417 g/mol. The molecule has 0 aromatic heterocycles. The van der Waals surface area contributed by atoms with Crippen molar-refractivity contribution >= 4 is 0 Å². The van der Waals surface area contributed by atoms with Gasteiger partial charge in [0.05, 0.1) is 6.10 Å². The zero-order valence-electron chi connectivity index (χ0n) is 21.0. The lowest BCUT2D eigenvalue weighted by Crippen LogP contribution is -2.57. The highest BCUT2D eigenvalue weighted by Gasteiger charge is 2.81. The molecule has 5 saturated carbocycles. The maximum Gasteiger partial charge on any atom is 0.0594 e. The highest BCUT2D eigenvalue weighted by molar-refractivity contribution is 5.30. The summed E-state index contributed by atoms with van der Waals surface area (Å²) in [5.74, 6) is 3.01. The molecule has 5 rings (SSSR count). The SMILES string of the molecule is C[C@@H]1[C@@H](N(C)C)CC[C@]23C[C@]24CC[C@]2(C)[C@@H]([C@H](C)N(C)C)[C@H](O)C[C@@]2(C)[C@H]4CC[C@@H]13. The van der Waals surface area contributed by atoms with Crippen molar-refractivity contribution in [1.82, 2.24) is 9.80 Å². The Morgan fingerprint density at radius 1 is 0.900 bits per heavy atom. The number of fused-ring (bicyclic) bond motifs is 2. The molecular weight excluding hydrogens is 368 g/mol. The van der Waals surface area contributed by atoms with Crippen LogP contribution in [0.15, 0.2) is 0 Å². The summed E-state index contributed by atoms with van der Waals surface area (Å²) in [5.41, 5.74) is 1.82. The predicted molar refractivity (Wildman–Crippen MR) is 124 cm³/mol. The minimum Gasteiger partial charge on any atom is -0.393 e. The van der Waals surface area contributed by atoms with Gasteiger partial charge in [-0.05, 0) is 126 Å². The quantitative estimate of drug-likeness (QED) is 0.710. The molecule has 0 saturated heterocycles. The van der Waals surface area contributed by atoms with Crippen molar-refractivity contribution in [1.29, 1.82) is 0 Å². The molecule has 5 fully saturated rings. The van der Waals surface area contributed by atoms with Gasteiger partial charge in [0.25, 0.3) is 0 Å². The van der Waals surface area contributed by atoms with Crippen molar-refractivity contribution in [2.24, 2.45) is 45.3 Å². The van der Waals surface area contributed by atoms with E-state index in [1.165, 1.54) is 44.9 Å². The number of hydrogen-bond donors (Lipinski definition) is 1. The van der Waals surface area contributed by atoms with Crippen LogP contribution in [0.5, 0.6) is 0 Å². The summed E-state index contributed by atoms with van der Waals surface area (Å²) < 4.78 is 0. The maximum atomic E-state index is 11.4. The lowest BCUT2D eigenvalue weighted by Gasteiger charge is -2.62. The van der Waals surface area contributed by atoms with E-state index in [0.717, 1.165) is 30.2 Å². The van der Waals surface area contributed by atoms with E-state index >= 15 is 0 Å². The highest BCUT2D eigenvalue weighted by Crippen LogP contribution is 2.88. The van der Waals surface area contributed by atoms with Crippen molar-refractivity contribution < 1.29 is 5.11 Å². The molecule has 0 amide bonds. The fraction of sp³-hybridized carbons (Fsp3) is 1.00. The Morgan fingerprint density at radius 3 is 2.23 bits per heavy atom. The molecule has 172 valence electrons. The van der Waals surface area contributed by atoms with Gasteiger partial charge in [0.1, 0.15) is 0 Å². The van der Waals surface area contributed by atoms with Crippen LogP contribution in [0.25, 0.3) is 0 Å². The molecule has 2 spiro atoms. The summed E-state index contributed by atoms with van der Waals surface area (Å²) in [7, 11) is 9.00. The second-order valence-electron chi connectivity index (χ2n) is 13.5. The molecule has 3 heteroatoms. The van der Waals surface area contributed by atoms with Gasteiger partial charge in [-0.25, -0.2) is 0 Å². The van der Waals surface area contributed by atoms with E-state index < -0.39 is 0 Å². The van der Waals surface area contributed by atoms with Gasteiger partial charge in [0, 0.05) is 18.0 Å². The summed E-state index contributed by atoms with van der Waals surface area (Å²) in [4.78, 5) is 4.87. The number of hydrogen-bond acceptors (Lipinski definition) is 3. The zero-order chi connectivity index (χ0) is 21.9. The van der Waals surface area contributed by atoms with Crippen LogP contribution in [0, 0.1) is 45.3 Å². The first kappa shape index (κ1) is 21.7. The molecule has 1 N–H and O–H groups in total. The molecule has 30 heavy (non-hydrogen) atoms. The van der Waals surface area contributed by atoms with Crippen LogP contribution in [-0.4, -0.2) is 61.3 Å². The van der Waals surface area contributed by atoms with Gasteiger partial charge >= 0.3 is 0 Å². The van der Waals surface area contributed by atoms with Crippen LogP contribution < -0.4 is 0 Å². The Hall–Kier alpha value is -0.120. The first-order valence-electron chi connectivity index (χ1n) is 13.0. The first-order valence-corrected chi connectivity index (χ1v) is 13.0. The van der Waals surface area contributed by atoms with Gasteiger partial charge in [-0.3, -0.25) is 0 Å². The van der Waals surface area contributed by atoms with E-state index in [4.69, 9.17) is 0 Å². The van der Waals surface area contributed by atoms with Gasteiger partial charge < -0.3 is 14.9 Å². The summed E-state index contributed by atoms with van der Waals surface area (Å²) in [6, 6.07) is 1.22. The standard InChI is InChI=1S/C27H48N2O/c1-17-19-9-10-22-25(4)15-21(30)23(18(2)28(5)6)24(25,3)13-14-27(22)16-26(19,27)12-11-20(17)29(7)8/h17-23,30H,9-16H2,1-8H3/t17-,18-,19-,20-,21+,22+,23-,24+,25-,26+,27-/m0/s1. The molecule has 0 aromatic rings. The van der Waals surface area contributed by atoms with E-state index in [9.17, 15) is 5.11 Å². The minimum atomic E-state index is -0.136. The van der Waals surface area contributed by atoms with Gasteiger partial charge in [0.15, 0.2) is 0 Å². The van der Waals surface area contributed by atoms with Crippen LogP contribution >= 0.6 is 0 Å². The number of aliphatic hydroxyl groups is 1. The van der Waals surface area contributed by atoms with E-state index in [-0.39, 0.29) is 11.5 Å². The van der Waals surface area contributed by atoms with Crippen molar-refractivity contribution in [3.05, 3.63) is 0 Å². The molecule has 5 aliphatic rings. The van der Waals surface area contributed by atoms with E-state index in [2.05, 4.69) is 65.7 Å². The lowest BCUT2D eigenvalue weighted by atomic mass is 9.43. The van der Waals surface area contributed by atoms with E-state index in [0.29, 0.717) is 28.2 Å². The Morgan fingerprint density at radius 2 is 1.60 bits per heavy atom. The van der Waals surface area contributed by atoms with Gasteiger partial charge in [-0.15, -0.1) is 0 Å². The van der Waals surface area contributed by atoms with Crippen LogP contribution in [-0.2, 0) is 0 Å². The molecule has 0 heterocycles. The van der Waals surface area contributed by atoms with Crippen LogP contribution in [0.1, 0.15) is 79.1 Å². The molecule has 5 aliphatic carbocycles. The van der Waals surface area contributed by atoms with E-state index in [1.54, 1.807) is 0 Å². The van der Waals surface area contributed by atoms with Gasteiger partial charge in [-0.2, -0.15) is 0 Å². The third kappa shape index (κ3) is 2.34. The molecule has 0 radical (unpaired) electrons. The molecule has 0 aliphatic heterocycles. The van der Waals surface area contributed by atoms with Crippen molar-refractivity contribution in [3.63, 3.8) is 0 Å². The zero-order valence-corrected chi connectivity index (χ0v) is 21.0. The second kappa shape index (κ2) is 6.48. The van der Waals surface area contributed by atoms with Gasteiger partial charge in [0.2, 0.25) is 0 Å². The number of nitrogens with zero attached hydrogens (tertiary/aromatic N) is 2. The highest BCUT2D eigenvalue weighted by atomic mass is 16.3. The third-order valence-electron chi connectivity index (χ3n) is 12.7. The van der Waals surface area contributed by atoms with E-state index in [1.807, 2.05) is 0 Å². The molecule has 0 aromatic carbocycles. The van der Waals surface area contributed by atoms with Crippen LogP contribution in [0.3, 0.4) is 0 Å². The summed E-state index contributed by atoms with van der Waals surface area (Å²) in [6.07, 6.45) is 10.9. The second-order valence-corrected chi connectivity index (χ2v) is 13.5.